The standard InChI is InChI=1S/C11H23NO3/c1-13-6-2-7-14-8-3-11(12)4-9-15-10-5-11/h2-10,12H2,1H3. The van der Waals surface area contributed by atoms with Crippen molar-refractivity contribution in [1.29, 1.82) is 0 Å². The van der Waals surface area contributed by atoms with E-state index >= 15 is 0 Å². The van der Waals surface area contributed by atoms with Crippen LogP contribution in [0, 0.1) is 0 Å². The molecule has 4 heteroatoms. The van der Waals surface area contributed by atoms with E-state index in [4.69, 9.17) is 19.9 Å². The lowest BCUT2D eigenvalue weighted by Crippen LogP contribution is -2.45. The number of rotatable bonds is 7. The predicted molar refractivity (Wildman–Crippen MR) is 58.9 cm³/mol. The maximum absolute atomic E-state index is 6.22. The highest BCUT2D eigenvalue weighted by Gasteiger charge is 2.27. The van der Waals surface area contributed by atoms with Crippen molar-refractivity contribution in [2.75, 3.05) is 40.1 Å². The van der Waals surface area contributed by atoms with Crippen molar-refractivity contribution in [1.82, 2.24) is 0 Å². The van der Waals surface area contributed by atoms with Gasteiger partial charge in [-0.2, -0.15) is 0 Å². The van der Waals surface area contributed by atoms with Crippen LogP contribution in [0.4, 0.5) is 0 Å². The first-order valence-corrected chi connectivity index (χ1v) is 5.70. The summed E-state index contributed by atoms with van der Waals surface area (Å²) in [4.78, 5) is 0. The van der Waals surface area contributed by atoms with Crippen molar-refractivity contribution < 1.29 is 14.2 Å². The summed E-state index contributed by atoms with van der Waals surface area (Å²) in [5, 5.41) is 0. The molecule has 2 N–H and O–H groups in total. The second-order valence-corrected chi connectivity index (χ2v) is 4.18. The highest BCUT2D eigenvalue weighted by molar-refractivity contribution is 4.85. The zero-order chi connectivity index (χ0) is 11.0. The Balaban J connectivity index is 1.98. The van der Waals surface area contributed by atoms with Gasteiger partial charge in [0, 0.05) is 45.7 Å². The van der Waals surface area contributed by atoms with Crippen molar-refractivity contribution in [3.05, 3.63) is 0 Å². The molecule has 0 aliphatic carbocycles. The fourth-order valence-electron chi connectivity index (χ4n) is 1.71. The maximum atomic E-state index is 6.22. The molecule has 0 radical (unpaired) electrons. The summed E-state index contributed by atoms with van der Waals surface area (Å²) in [7, 11) is 1.71. The van der Waals surface area contributed by atoms with E-state index in [-0.39, 0.29) is 5.54 Å². The fraction of sp³-hybridized carbons (Fsp3) is 1.00. The van der Waals surface area contributed by atoms with E-state index < -0.39 is 0 Å². The summed E-state index contributed by atoms with van der Waals surface area (Å²) in [5.41, 5.74) is 6.16. The van der Waals surface area contributed by atoms with Gasteiger partial charge in [-0.05, 0) is 25.7 Å². The minimum Gasteiger partial charge on any atom is -0.385 e. The Kier molecular flexibility index (Phi) is 6.17. The molecule has 0 aromatic carbocycles. The Morgan fingerprint density at radius 2 is 1.93 bits per heavy atom. The number of ether oxygens (including phenoxy) is 3. The zero-order valence-electron chi connectivity index (χ0n) is 9.67. The molecular formula is C11H23NO3. The molecule has 1 heterocycles. The van der Waals surface area contributed by atoms with Gasteiger partial charge in [-0.15, -0.1) is 0 Å². The summed E-state index contributed by atoms with van der Waals surface area (Å²) in [5.74, 6) is 0. The third-order valence-corrected chi connectivity index (χ3v) is 2.87. The Hall–Kier alpha value is -0.160. The van der Waals surface area contributed by atoms with Gasteiger partial charge in [-0.3, -0.25) is 0 Å². The van der Waals surface area contributed by atoms with Crippen LogP contribution >= 0.6 is 0 Å². The average molecular weight is 217 g/mol. The van der Waals surface area contributed by atoms with E-state index in [0.717, 1.165) is 58.7 Å². The summed E-state index contributed by atoms with van der Waals surface area (Å²) in [6.45, 7) is 3.86. The topological polar surface area (TPSA) is 53.7 Å². The first kappa shape index (κ1) is 12.9. The summed E-state index contributed by atoms with van der Waals surface area (Å²) < 4.78 is 15.7. The van der Waals surface area contributed by atoms with Crippen LogP contribution in [-0.2, 0) is 14.2 Å². The zero-order valence-corrected chi connectivity index (χ0v) is 9.67. The minimum absolute atomic E-state index is 0.0560. The van der Waals surface area contributed by atoms with Gasteiger partial charge in [0.25, 0.3) is 0 Å². The third kappa shape index (κ3) is 5.47. The third-order valence-electron chi connectivity index (χ3n) is 2.87. The van der Waals surface area contributed by atoms with E-state index in [1.807, 2.05) is 0 Å². The normalized spacial score (nSPS) is 20.4. The largest absolute Gasteiger partial charge is 0.385 e. The number of hydrogen-bond acceptors (Lipinski definition) is 4. The van der Waals surface area contributed by atoms with Crippen LogP contribution < -0.4 is 5.73 Å². The molecule has 1 rings (SSSR count). The van der Waals surface area contributed by atoms with E-state index in [1.54, 1.807) is 7.11 Å². The van der Waals surface area contributed by atoms with Gasteiger partial charge in [-0.1, -0.05) is 0 Å². The molecule has 0 aromatic heterocycles. The van der Waals surface area contributed by atoms with Gasteiger partial charge in [0.15, 0.2) is 0 Å². The van der Waals surface area contributed by atoms with Crippen LogP contribution in [0.15, 0.2) is 0 Å². The van der Waals surface area contributed by atoms with Crippen LogP contribution in [0.25, 0.3) is 0 Å². The van der Waals surface area contributed by atoms with Gasteiger partial charge in [-0.25, -0.2) is 0 Å². The lowest BCUT2D eigenvalue weighted by Gasteiger charge is -2.33. The Labute approximate surface area is 92.1 Å². The molecule has 1 aliphatic heterocycles. The first-order chi connectivity index (χ1) is 7.27. The van der Waals surface area contributed by atoms with Crippen molar-refractivity contribution in [2.45, 2.75) is 31.2 Å². The van der Waals surface area contributed by atoms with Crippen LogP contribution in [0.3, 0.4) is 0 Å². The van der Waals surface area contributed by atoms with Crippen molar-refractivity contribution in [3.8, 4) is 0 Å². The molecule has 0 unspecified atom stereocenters. The first-order valence-electron chi connectivity index (χ1n) is 5.70. The van der Waals surface area contributed by atoms with Gasteiger partial charge in [0.1, 0.15) is 0 Å². The molecule has 0 saturated carbocycles. The summed E-state index contributed by atoms with van der Waals surface area (Å²) in [6, 6.07) is 0. The van der Waals surface area contributed by atoms with Crippen LogP contribution in [0.5, 0.6) is 0 Å². The van der Waals surface area contributed by atoms with E-state index in [0.29, 0.717) is 0 Å². The van der Waals surface area contributed by atoms with E-state index in [2.05, 4.69) is 0 Å². The molecule has 1 saturated heterocycles. The predicted octanol–water partition coefficient (Wildman–Crippen LogP) is 0.937. The molecular weight excluding hydrogens is 194 g/mol. The quantitative estimate of drug-likeness (QED) is 0.645. The molecule has 90 valence electrons. The van der Waals surface area contributed by atoms with Gasteiger partial charge in [0.2, 0.25) is 0 Å². The lowest BCUT2D eigenvalue weighted by atomic mass is 9.88. The molecule has 4 nitrogen and oxygen atoms in total. The fourth-order valence-corrected chi connectivity index (χ4v) is 1.71. The number of hydrogen-bond donors (Lipinski definition) is 1. The van der Waals surface area contributed by atoms with Crippen molar-refractivity contribution in [3.63, 3.8) is 0 Å². The van der Waals surface area contributed by atoms with E-state index in [9.17, 15) is 0 Å². The smallest absolute Gasteiger partial charge is 0.0487 e. The number of methoxy groups -OCH3 is 1. The molecule has 0 atom stereocenters. The molecule has 0 aromatic rings. The highest BCUT2D eigenvalue weighted by atomic mass is 16.5. The SMILES string of the molecule is COCCCOCCC1(N)CCOCC1. The number of nitrogens with two attached hydrogens (primary N) is 1. The minimum atomic E-state index is -0.0560. The maximum Gasteiger partial charge on any atom is 0.0487 e. The molecule has 1 fully saturated rings. The molecule has 0 bridgehead atoms. The van der Waals surface area contributed by atoms with Crippen LogP contribution in [-0.4, -0.2) is 45.7 Å². The second kappa shape index (κ2) is 7.17. The monoisotopic (exact) mass is 217 g/mol. The molecule has 0 amide bonds. The molecule has 0 spiro atoms. The van der Waals surface area contributed by atoms with E-state index in [1.165, 1.54) is 0 Å². The highest BCUT2D eigenvalue weighted by Crippen LogP contribution is 2.21. The average Bonchev–Trinajstić information content (AvgIpc) is 2.24. The Bertz CT molecular complexity index is 158. The second-order valence-electron chi connectivity index (χ2n) is 4.18. The Morgan fingerprint density at radius 3 is 2.60 bits per heavy atom. The van der Waals surface area contributed by atoms with Crippen molar-refractivity contribution in [2.24, 2.45) is 5.73 Å². The summed E-state index contributed by atoms with van der Waals surface area (Å²) >= 11 is 0. The van der Waals surface area contributed by atoms with Gasteiger partial charge >= 0.3 is 0 Å². The summed E-state index contributed by atoms with van der Waals surface area (Å²) in [6.07, 6.45) is 3.80. The Morgan fingerprint density at radius 1 is 1.20 bits per heavy atom. The van der Waals surface area contributed by atoms with Crippen LogP contribution in [0.2, 0.25) is 0 Å². The van der Waals surface area contributed by atoms with Gasteiger partial charge < -0.3 is 19.9 Å². The molecule has 15 heavy (non-hydrogen) atoms. The van der Waals surface area contributed by atoms with Gasteiger partial charge in [0.05, 0.1) is 0 Å². The lowest BCUT2D eigenvalue weighted by molar-refractivity contribution is 0.0311. The van der Waals surface area contributed by atoms with Crippen LogP contribution in [0.1, 0.15) is 25.7 Å². The van der Waals surface area contributed by atoms with Crippen molar-refractivity contribution >= 4 is 0 Å². The molecule has 1 aliphatic rings.